The first kappa shape index (κ1) is 64.9. The van der Waals surface area contributed by atoms with Gasteiger partial charge in [0, 0.05) is 13.0 Å². The van der Waals surface area contributed by atoms with Crippen molar-refractivity contribution in [3.8, 4) is 0 Å². The van der Waals surface area contributed by atoms with Crippen molar-refractivity contribution in [1.82, 2.24) is 0 Å². The van der Waals surface area contributed by atoms with Gasteiger partial charge < -0.3 is 27.9 Å². The van der Waals surface area contributed by atoms with E-state index in [1.165, 1.54) is 141 Å². The van der Waals surface area contributed by atoms with Crippen LogP contribution in [0.15, 0.2) is 72.9 Å². The Bertz CT molecular complexity index is 1300. The van der Waals surface area contributed by atoms with Crippen LogP contribution in [-0.2, 0) is 27.9 Å². The molecule has 0 rings (SSSR count). The van der Waals surface area contributed by atoms with Crippen molar-refractivity contribution in [3.05, 3.63) is 72.9 Å². The third-order valence-corrected chi connectivity index (χ3v) is 12.7. The number of ether oxygens (including phenoxy) is 2. The molecule has 0 aromatic rings. The lowest BCUT2D eigenvalue weighted by atomic mass is 10.0. The fourth-order valence-corrected chi connectivity index (χ4v) is 8.29. The smallest absolute Gasteiger partial charge is 0.306 e. The zero-order valence-electron chi connectivity index (χ0n) is 44.3. The van der Waals surface area contributed by atoms with E-state index in [1.54, 1.807) is 0 Å². The summed E-state index contributed by atoms with van der Waals surface area (Å²) in [5, 5.41) is 0. The fourth-order valence-electron chi connectivity index (χ4n) is 7.57. The maximum absolute atomic E-state index is 12.8. The highest BCUT2D eigenvalue weighted by Gasteiger charge is 2.20. The summed E-state index contributed by atoms with van der Waals surface area (Å²) in [4.78, 5) is 25.2. The van der Waals surface area contributed by atoms with E-state index in [1.807, 2.05) is 21.1 Å². The van der Waals surface area contributed by atoms with Gasteiger partial charge in [-0.15, -0.1) is 0 Å². The largest absolute Gasteiger partial charge is 0.756 e. The Morgan fingerprint density at radius 1 is 0.478 bits per heavy atom. The average Bonchev–Trinajstić information content (AvgIpc) is 3.29. The standard InChI is InChI=1S/C58H106NO7P/c1-6-8-10-12-14-16-18-20-22-24-26-28-29-30-31-32-33-35-37-39-41-43-45-47-49-51-58(60)66-57(56-65-67(61,62)64-54-52-59(3,4)5)55-63-53-50-48-46-44-42-40-38-36-34-27-25-23-21-19-17-15-13-11-9-7-2/h9,11,15,17,21,23,27,34,38,40,44,46,57H,6-8,10,12-14,16,18-20,22,24-26,28-33,35-37,39,41-43,45,47-56H2,1-5H3/b11-9-,17-15-,23-21-,34-27-,40-38-,46-44-. The number of esters is 1. The molecule has 8 nitrogen and oxygen atoms in total. The van der Waals surface area contributed by atoms with Crippen molar-refractivity contribution < 1.29 is 37.3 Å². The van der Waals surface area contributed by atoms with E-state index >= 15 is 0 Å². The van der Waals surface area contributed by atoms with Gasteiger partial charge in [-0.3, -0.25) is 9.36 Å². The topological polar surface area (TPSA) is 94.1 Å². The van der Waals surface area contributed by atoms with Crippen molar-refractivity contribution in [1.29, 1.82) is 0 Å². The summed E-state index contributed by atoms with van der Waals surface area (Å²) in [6, 6.07) is 0. The average molecular weight is 960 g/mol. The Hall–Kier alpha value is -2.06. The van der Waals surface area contributed by atoms with Crippen molar-refractivity contribution in [2.75, 3.05) is 54.1 Å². The number of quaternary nitrogens is 1. The second kappa shape index (κ2) is 50.3. The minimum absolute atomic E-state index is 0.0133. The Balaban J connectivity index is 4.15. The summed E-state index contributed by atoms with van der Waals surface area (Å²) in [7, 11) is 1.32. The molecule has 0 aliphatic heterocycles. The van der Waals surface area contributed by atoms with E-state index < -0.39 is 13.9 Å². The maximum atomic E-state index is 12.8. The van der Waals surface area contributed by atoms with Crippen LogP contribution in [0.25, 0.3) is 0 Å². The predicted molar refractivity (Wildman–Crippen MR) is 286 cm³/mol. The number of allylic oxidation sites excluding steroid dienone is 12. The van der Waals surface area contributed by atoms with Crippen molar-refractivity contribution in [2.24, 2.45) is 0 Å². The molecule has 0 heterocycles. The van der Waals surface area contributed by atoms with E-state index in [2.05, 4.69) is 86.8 Å². The van der Waals surface area contributed by atoms with E-state index in [-0.39, 0.29) is 25.8 Å². The zero-order chi connectivity index (χ0) is 49.0. The number of rotatable bonds is 51. The first-order valence-electron chi connectivity index (χ1n) is 27.7. The van der Waals surface area contributed by atoms with Gasteiger partial charge in [-0.2, -0.15) is 0 Å². The lowest BCUT2D eigenvalue weighted by Crippen LogP contribution is -2.37. The summed E-state index contributed by atoms with van der Waals surface area (Å²) < 4.78 is 34.7. The number of phosphoric ester groups is 1. The van der Waals surface area contributed by atoms with Crippen LogP contribution >= 0.6 is 7.82 Å². The number of hydrogen-bond donors (Lipinski definition) is 0. The molecule has 0 aromatic carbocycles. The van der Waals surface area contributed by atoms with Crippen LogP contribution in [0.2, 0.25) is 0 Å². The van der Waals surface area contributed by atoms with Gasteiger partial charge >= 0.3 is 5.97 Å². The minimum Gasteiger partial charge on any atom is -0.756 e. The molecule has 0 amide bonds. The molecule has 0 bridgehead atoms. The number of phosphoric acid groups is 1. The molecule has 0 aliphatic carbocycles. The Kier molecular flexibility index (Phi) is 48.8. The van der Waals surface area contributed by atoms with Crippen LogP contribution in [0.1, 0.15) is 232 Å². The summed E-state index contributed by atoms with van der Waals surface area (Å²) in [5.74, 6) is -0.351. The number of carbonyl (C=O) groups excluding carboxylic acids is 1. The minimum atomic E-state index is -4.55. The van der Waals surface area contributed by atoms with E-state index in [4.69, 9.17) is 18.5 Å². The van der Waals surface area contributed by atoms with Crippen LogP contribution in [0.5, 0.6) is 0 Å². The molecule has 0 fully saturated rings. The normalized spacial score (nSPS) is 14.1. The molecular weight excluding hydrogens is 854 g/mol. The lowest BCUT2D eigenvalue weighted by Gasteiger charge is -2.28. The summed E-state index contributed by atoms with van der Waals surface area (Å²) in [6.07, 6.45) is 66.7. The second-order valence-electron chi connectivity index (χ2n) is 19.6. The van der Waals surface area contributed by atoms with Crippen molar-refractivity contribution >= 4 is 13.8 Å². The van der Waals surface area contributed by atoms with Crippen LogP contribution in [0, 0.1) is 0 Å². The maximum Gasteiger partial charge on any atom is 0.306 e. The highest BCUT2D eigenvalue weighted by Crippen LogP contribution is 2.38. The van der Waals surface area contributed by atoms with Gasteiger partial charge in [-0.05, 0) is 57.8 Å². The van der Waals surface area contributed by atoms with E-state index in [0.29, 0.717) is 24.1 Å². The van der Waals surface area contributed by atoms with Crippen LogP contribution in [0.4, 0.5) is 0 Å². The van der Waals surface area contributed by atoms with Gasteiger partial charge in [0.1, 0.15) is 19.3 Å². The third kappa shape index (κ3) is 54.7. The molecule has 0 radical (unpaired) electrons. The number of likely N-dealkylation sites (N-methyl/N-ethyl adjacent to an activating group) is 1. The molecular formula is C58H106NO7P. The molecule has 2 atom stereocenters. The van der Waals surface area contributed by atoms with Gasteiger partial charge in [-0.25, -0.2) is 0 Å². The van der Waals surface area contributed by atoms with Gasteiger partial charge in [0.05, 0.1) is 34.4 Å². The summed E-state index contributed by atoms with van der Waals surface area (Å²) >= 11 is 0. The number of hydrogen-bond acceptors (Lipinski definition) is 7. The molecule has 2 unspecified atom stereocenters. The first-order valence-corrected chi connectivity index (χ1v) is 29.1. The summed E-state index contributed by atoms with van der Waals surface area (Å²) in [5.41, 5.74) is 0. The lowest BCUT2D eigenvalue weighted by molar-refractivity contribution is -0.870. The molecule has 0 aliphatic rings. The van der Waals surface area contributed by atoms with E-state index in [0.717, 1.165) is 70.6 Å². The molecule has 0 saturated heterocycles. The number of carbonyl (C=O) groups is 1. The molecule has 0 aromatic heterocycles. The molecule has 9 heteroatoms. The van der Waals surface area contributed by atoms with Gasteiger partial charge in [0.15, 0.2) is 0 Å². The molecule has 0 spiro atoms. The SMILES string of the molecule is CC/C=C\C/C=C\C/C=C\C/C=C\C/C=C\C/C=C\CCCOCC(COP(=O)([O-])OCC[N+](C)(C)C)OC(=O)CCCCCCCCCCCCCCCCCCCCCCCCCCC. The van der Waals surface area contributed by atoms with E-state index in [9.17, 15) is 14.3 Å². The molecule has 390 valence electrons. The quantitative estimate of drug-likeness (QED) is 0.0197. The van der Waals surface area contributed by atoms with Crippen LogP contribution < -0.4 is 4.89 Å². The fraction of sp³-hybridized carbons (Fsp3) is 0.776. The van der Waals surface area contributed by atoms with Crippen LogP contribution in [0.3, 0.4) is 0 Å². The predicted octanol–water partition coefficient (Wildman–Crippen LogP) is 16.8. The van der Waals surface area contributed by atoms with Gasteiger partial charge in [-0.1, -0.05) is 241 Å². The molecule has 0 saturated carbocycles. The highest BCUT2D eigenvalue weighted by molar-refractivity contribution is 7.45. The highest BCUT2D eigenvalue weighted by atomic mass is 31.2. The van der Waals surface area contributed by atoms with Crippen molar-refractivity contribution in [3.63, 3.8) is 0 Å². The monoisotopic (exact) mass is 960 g/mol. The van der Waals surface area contributed by atoms with Gasteiger partial charge in [0.25, 0.3) is 7.82 Å². The van der Waals surface area contributed by atoms with Crippen LogP contribution in [-0.4, -0.2) is 70.7 Å². The summed E-state index contributed by atoms with van der Waals surface area (Å²) in [6.45, 7) is 5.16. The Labute approximate surface area is 414 Å². The Morgan fingerprint density at radius 3 is 1.24 bits per heavy atom. The first-order chi connectivity index (χ1) is 32.6. The van der Waals surface area contributed by atoms with Crippen molar-refractivity contribution in [2.45, 2.75) is 238 Å². The number of nitrogens with zero attached hydrogens (tertiary/aromatic N) is 1. The zero-order valence-corrected chi connectivity index (χ0v) is 45.2. The molecule has 67 heavy (non-hydrogen) atoms. The molecule has 0 N–H and O–H groups in total. The van der Waals surface area contributed by atoms with Gasteiger partial charge in [0.2, 0.25) is 0 Å². The number of unbranched alkanes of at least 4 members (excludes halogenated alkanes) is 25. The Morgan fingerprint density at radius 2 is 0.851 bits per heavy atom. The second-order valence-corrected chi connectivity index (χ2v) is 21.0. The third-order valence-electron chi connectivity index (χ3n) is 11.8.